The van der Waals surface area contributed by atoms with E-state index < -0.39 is 0 Å². The Kier molecular flexibility index (Phi) is 3.76. The van der Waals surface area contributed by atoms with Crippen molar-refractivity contribution in [2.24, 2.45) is 10.7 Å². The maximum atomic E-state index is 5.94. The molecule has 1 aliphatic rings. The minimum absolute atomic E-state index is 0. The van der Waals surface area contributed by atoms with Gasteiger partial charge < -0.3 is 11.5 Å². The summed E-state index contributed by atoms with van der Waals surface area (Å²) in [5.41, 5.74) is 16.0. The van der Waals surface area contributed by atoms with Crippen molar-refractivity contribution < 1.29 is 0 Å². The first-order valence-electron chi connectivity index (χ1n) is 6.00. The van der Waals surface area contributed by atoms with Crippen molar-refractivity contribution in [2.45, 2.75) is 5.92 Å². The molecule has 19 heavy (non-hydrogen) atoms. The molecule has 0 aliphatic carbocycles. The molecule has 98 valence electrons. The van der Waals surface area contributed by atoms with E-state index in [0.29, 0.717) is 12.4 Å². The summed E-state index contributed by atoms with van der Waals surface area (Å²) in [5, 5.41) is 0. The molecule has 0 fully saturated rings. The van der Waals surface area contributed by atoms with Crippen LogP contribution < -0.4 is 11.5 Å². The average Bonchev–Trinajstić information content (AvgIpc) is 2.41. The first kappa shape index (κ1) is 13.4. The molecule has 0 amide bonds. The summed E-state index contributed by atoms with van der Waals surface area (Å²) < 4.78 is 0. The third kappa shape index (κ3) is 2.42. The number of anilines is 1. The number of nitrogen functional groups attached to an aromatic ring is 1. The summed E-state index contributed by atoms with van der Waals surface area (Å²) in [6, 6.07) is 16.2. The third-order valence-corrected chi connectivity index (χ3v) is 3.40. The van der Waals surface area contributed by atoms with E-state index in [4.69, 9.17) is 11.5 Å². The highest BCUT2D eigenvalue weighted by molar-refractivity contribution is 6.00. The molecule has 1 unspecified atom stereocenters. The number of benzene rings is 2. The predicted octanol–water partition coefficient (Wildman–Crippen LogP) is 2.54. The molecule has 0 saturated carbocycles. The van der Waals surface area contributed by atoms with E-state index in [2.05, 4.69) is 23.2 Å². The van der Waals surface area contributed by atoms with E-state index in [1.54, 1.807) is 0 Å². The first-order chi connectivity index (χ1) is 8.75. The SMILES string of the molecule is Cl.NC1=NCC(c2ccc(N)cc2)c2ccccc21. The zero-order valence-corrected chi connectivity index (χ0v) is 11.2. The van der Waals surface area contributed by atoms with Crippen LogP contribution in [0.2, 0.25) is 0 Å². The summed E-state index contributed by atoms with van der Waals surface area (Å²) in [6.45, 7) is 0.701. The minimum atomic E-state index is 0. The molecule has 0 aromatic heterocycles. The molecule has 1 heterocycles. The molecular weight excluding hydrogens is 258 g/mol. The van der Waals surface area contributed by atoms with Gasteiger partial charge in [0.25, 0.3) is 0 Å². The molecule has 0 bridgehead atoms. The lowest BCUT2D eigenvalue weighted by Crippen LogP contribution is -2.24. The van der Waals surface area contributed by atoms with Gasteiger partial charge >= 0.3 is 0 Å². The quantitative estimate of drug-likeness (QED) is 0.784. The highest BCUT2D eigenvalue weighted by Crippen LogP contribution is 2.31. The molecule has 3 rings (SSSR count). The Hall–Kier alpha value is -2.00. The van der Waals surface area contributed by atoms with Gasteiger partial charge in [-0.1, -0.05) is 36.4 Å². The number of nitrogens with two attached hydrogens (primary N) is 2. The second kappa shape index (κ2) is 5.33. The van der Waals surface area contributed by atoms with Crippen LogP contribution in [0.5, 0.6) is 0 Å². The van der Waals surface area contributed by atoms with Gasteiger partial charge in [-0.25, -0.2) is 0 Å². The molecular formula is C15H16ClN3. The molecule has 2 aromatic rings. The molecule has 4 heteroatoms. The lowest BCUT2D eigenvalue weighted by atomic mass is 9.86. The second-order valence-corrected chi connectivity index (χ2v) is 4.53. The molecule has 1 atom stereocenters. The number of nitrogens with zero attached hydrogens (tertiary/aromatic N) is 1. The highest BCUT2D eigenvalue weighted by atomic mass is 35.5. The molecule has 0 spiro atoms. The van der Waals surface area contributed by atoms with Crippen LogP contribution >= 0.6 is 12.4 Å². The topological polar surface area (TPSA) is 64.4 Å². The Morgan fingerprint density at radius 1 is 0.947 bits per heavy atom. The van der Waals surface area contributed by atoms with E-state index in [-0.39, 0.29) is 18.3 Å². The van der Waals surface area contributed by atoms with Gasteiger partial charge in [0.15, 0.2) is 0 Å². The maximum Gasteiger partial charge on any atom is 0.125 e. The van der Waals surface area contributed by atoms with Crippen molar-refractivity contribution in [3.05, 3.63) is 65.2 Å². The van der Waals surface area contributed by atoms with Gasteiger partial charge in [0.05, 0.1) is 6.54 Å². The molecule has 2 aromatic carbocycles. The van der Waals surface area contributed by atoms with Crippen LogP contribution in [0, 0.1) is 0 Å². The van der Waals surface area contributed by atoms with Crippen LogP contribution in [0.15, 0.2) is 53.5 Å². The fourth-order valence-electron chi connectivity index (χ4n) is 2.42. The van der Waals surface area contributed by atoms with Crippen LogP contribution in [-0.2, 0) is 0 Å². The average molecular weight is 274 g/mol. The summed E-state index contributed by atoms with van der Waals surface area (Å²) in [7, 11) is 0. The number of fused-ring (bicyclic) bond motifs is 1. The van der Waals surface area contributed by atoms with Crippen molar-refractivity contribution in [3.63, 3.8) is 0 Å². The lowest BCUT2D eigenvalue weighted by Gasteiger charge is -2.23. The number of aliphatic imine (C=N–C) groups is 1. The van der Waals surface area contributed by atoms with Crippen LogP contribution in [-0.4, -0.2) is 12.4 Å². The van der Waals surface area contributed by atoms with Gasteiger partial charge in [0.1, 0.15) is 5.84 Å². The van der Waals surface area contributed by atoms with Gasteiger partial charge in [0, 0.05) is 17.2 Å². The van der Waals surface area contributed by atoms with Crippen molar-refractivity contribution in [1.29, 1.82) is 0 Å². The number of hydrogen-bond acceptors (Lipinski definition) is 3. The smallest absolute Gasteiger partial charge is 0.125 e. The van der Waals surface area contributed by atoms with Crippen LogP contribution in [0.3, 0.4) is 0 Å². The fraction of sp³-hybridized carbons (Fsp3) is 0.133. The number of hydrogen-bond donors (Lipinski definition) is 2. The van der Waals surface area contributed by atoms with E-state index in [0.717, 1.165) is 11.3 Å². The molecule has 1 aliphatic heterocycles. The molecule has 0 saturated heterocycles. The summed E-state index contributed by atoms with van der Waals surface area (Å²) in [6.07, 6.45) is 0. The van der Waals surface area contributed by atoms with E-state index in [1.165, 1.54) is 11.1 Å². The lowest BCUT2D eigenvalue weighted by molar-refractivity contribution is 0.801. The van der Waals surface area contributed by atoms with Gasteiger partial charge in [0.2, 0.25) is 0 Å². The van der Waals surface area contributed by atoms with E-state index >= 15 is 0 Å². The van der Waals surface area contributed by atoms with Crippen LogP contribution in [0.4, 0.5) is 5.69 Å². The third-order valence-electron chi connectivity index (χ3n) is 3.40. The van der Waals surface area contributed by atoms with Crippen molar-refractivity contribution in [1.82, 2.24) is 0 Å². The number of halogens is 1. The largest absolute Gasteiger partial charge is 0.399 e. The zero-order valence-electron chi connectivity index (χ0n) is 10.4. The summed E-state index contributed by atoms with van der Waals surface area (Å²) >= 11 is 0. The monoisotopic (exact) mass is 273 g/mol. The minimum Gasteiger partial charge on any atom is -0.399 e. The van der Waals surface area contributed by atoms with E-state index in [1.807, 2.05) is 30.3 Å². The zero-order chi connectivity index (χ0) is 12.5. The van der Waals surface area contributed by atoms with Crippen molar-refractivity contribution >= 4 is 23.9 Å². The fourth-order valence-corrected chi connectivity index (χ4v) is 2.42. The number of amidine groups is 1. The summed E-state index contributed by atoms with van der Waals surface area (Å²) in [4.78, 5) is 4.41. The molecule has 0 radical (unpaired) electrons. The van der Waals surface area contributed by atoms with Gasteiger partial charge in [-0.15, -0.1) is 12.4 Å². The van der Waals surface area contributed by atoms with E-state index in [9.17, 15) is 0 Å². The first-order valence-corrected chi connectivity index (χ1v) is 6.00. The molecule has 3 nitrogen and oxygen atoms in total. The van der Waals surface area contributed by atoms with Crippen molar-refractivity contribution in [2.75, 3.05) is 12.3 Å². The predicted molar refractivity (Wildman–Crippen MR) is 82.0 cm³/mol. The van der Waals surface area contributed by atoms with Gasteiger partial charge in [-0.2, -0.15) is 0 Å². The Balaban J connectivity index is 0.00000133. The highest BCUT2D eigenvalue weighted by Gasteiger charge is 2.22. The van der Waals surface area contributed by atoms with Crippen LogP contribution in [0.25, 0.3) is 0 Å². The Bertz CT molecular complexity index is 605. The Labute approximate surface area is 118 Å². The van der Waals surface area contributed by atoms with Gasteiger partial charge in [-0.05, 0) is 23.3 Å². The maximum absolute atomic E-state index is 5.94. The molecule has 4 N–H and O–H groups in total. The Morgan fingerprint density at radius 2 is 1.63 bits per heavy atom. The standard InChI is InChI=1S/C15H15N3.ClH/c16-11-7-5-10(6-8-11)14-9-18-15(17)13-4-2-1-3-12(13)14;/h1-8,14H,9,16H2,(H2,17,18);1H. The van der Waals surface area contributed by atoms with Crippen molar-refractivity contribution in [3.8, 4) is 0 Å². The van der Waals surface area contributed by atoms with Crippen LogP contribution in [0.1, 0.15) is 22.6 Å². The summed E-state index contributed by atoms with van der Waals surface area (Å²) in [5.74, 6) is 0.909. The Morgan fingerprint density at radius 3 is 2.37 bits per heavy atom. The second-order valence-electron chi connectivity index (χ2n) is 4.53. The van der Waals surface area contributed by atoms with Gasteiger partial charge in [-0.3, -0.25) is 4.99 Å². The number of rotatable bonds is 1. The normalized spacial score (nSPS) is 17.1.